The van der Waals surface area contributed by atoms with Crippen LogP contribution in [0.25, 0.3) is 11.1 Å². The van der Waals surface area contributed by atoms with Crippen molar-refractivity contribution >= 4 is 41.1 Å². The highest BCUT2D eigenvalue weighted by Crippen LogP contribution is 2.54. The lowest BCUT2D eigenvalue weighted by Gasteiger charge is -2.30. The van der Waals surface area contributed by atoms with E-state index in [1.807, 2.05) is 0 Å². The lowest BCUT2D eigenvalue weighted by Crippen LogP contribution is -2.32. The number of fused-ring (bicyclic) bond motifs is 5. The van der Waals surface area contributed by atoms with Gasteiger partial charge in [0.05, 0.1) is 30.0 Å². The van der Waals surface area contributed by atoms with Crippen molar-refractivity contribution in [2.45, 2.75) is 90.9 Å². The standard InChI is InChI=1S/C39H45N3O9S/c1-4-5-6-7-8-9-10-11-12-13-16-40-39(52)42-41-19-22-17-21-14-15-23-28(26(21)34(46)27(22)38(49)50)35(47)30-31(37(23)51-3)36(48)29-24(33(30)45)18-25(43)20(2)32(29)44/h17-19,43-44,46-47H,4-16H2,1-3H3,(H,49,50)(H2,40,42,52)/b41-19+. The maximum atomic E-state index is 13.8. The highest BCUT2D eigenvalue weighted by molar-refractivity contribution is 7.80. The molecule has 3 aromatic rings. The van der Waals surface area contributed by atoms with Crippen LogP contribution in [-0.4, -0.2) is 68.1 Å². The Morgan fingerprint density at radius 1 is 0.846 bits per heavy atom. The van der Waals surface area contributed by atoms with Crippen molar-refractivity contribution in [1.82, 2.24) is 10.7 Å². The molecule has 52 heavy (non-hydrogen) atoms. The number of hydrogen-bond acceptors (Lipinski definition) is 10. The van der Waals surface area contributed by atoms with Gasteiger partial charge in [-0.15, -0.1) is 0 Å². The first-order valence-corrected chi connectivity index (χ1v) is 18.1. The van der Waals surface area contributed by atoms with Gasteiger partial charge in [-0.2, -0.15) is 5.10 Å². The Hall–Kier alpha value is -5.17. The SMILES string of the molecule is CCCCCCCCCCCCNC(=S)N/N=C/c1cc2c(c(O)c1C(=O)O)-c1c(O)c3c(c(OC)c1CC2)C(=O)c1c(cc(O)c(C)c1O)C3=O. The van der Waals surface area contributed by atoms with Crippen LogP contribution >= 0.6 is 12.2 Å². The Labute approximate surface area is 307 Å². The fraction of sp³-hybridized carbons (Fsp3) is 0.410. The summed E-state index contributed by atoms with van der Waals surface area (Å²) in [6.07, 6.45) is 13.8. The minimum absolute atomic E-state index is 0.00141. The van der Waals surface area contributed by atoms with E-state index < -0.39 is 51.7 Å². The van der Waals surface area contributed by atoms with Gasteiger partial charge >= 0.3 is 5.97 Å². The molecule has 2 aliphatic rings. The summed E-state index contributed by atoms with van der Waals surface area (Å²) >= 11 is 5.32. The predicted molar refractivity (Wildman–Crippen MR) is 201 cm³/mol. The molecule has 0 radical (unpaired) electrons. The summed E-state index contributed by atoms with van der Waals surface area (Å²) in [6.45, 7) is 4.27. The van der Waals surface area contributed by atoms with Crippen molar-refractivity contribution in [2.75, 3.05) is 13.7 Å². The van der Waals surface area contributed by atoms with Crippen molar-refractivity contribution in [3.63, 3.8) is 0 Å². The lowest BCUT2D eigenvalue weighted by molar-refractivity contribution is 0.0693. The number of hydrogen-bond donors (Lipinski definition) is 7. The van der Waals surface area contributed by atoms with Gasteiger partial charge in [-0.1, -0.05) is 64.7 Å². The Bertz CT molecular complexity index is 1970. The van der Waals surface area contributed by atoms with E-state index in [1.165, 1.54) is 77.7 Å². The number of ether oxygens (including phenoxy) is 1. The summed E-state index contributed by atoms with van der Waals surface area (Å²) in [4.78, 5) is 40.2. The number of aromatic hydroxyl groups is 4. The number of carbonyl (C=O) groups excluding carboxylic acids is 2. The van der Waals surface area contributed by atoms with Crippen LogP contribution in [0.4, 0.5) is 0 Å². The zero-order valence-electron chi connectivity index (χ0n) is 29.6. The number of benzene rings is 3. The first kappa shape index (κ1) is 38.1. The minimum Gasteiger partial charge on any atom is -0.508 e. The quantitative estimate of drug-likeness (QED) is 0.0293. The second kappa shape index (κ2) is 16.4. The first-order chi connectivity index (χ1) is 24.9. The number of nitrogens with one attached hydrogen (secondary N) is 2. The second-order valence-corrected chi connectivity index (χ2v) is 13.7. The molecule has 0 aliphatic heterocycles. The Kier molecular flexibility index (Phi) is 12.0. The molecule has 0 heterocycles. The molecule has 0 spiro atoms. The molecule has 13 heteroatoms. The van der Waals surface area contributed by atoms with Crippen LogP contribution in [0.1, 0.15) is 136 Å². The summed E-state index contributed by atoms with van der Waals surface area (Å²) in [7, 11) is 1.28. The number of aromatic carboxylic acids is 1. The molecular formula is C39H45N3O9S. The van der Waals surface area contributed by atoms with Crippen molar-refractivity contribution < 1.29 is 44.7 Å². The average Bonchev–Trinajstić information content (AvgIpc) is 3.11. The minimum atomic E-state index is -1.47. The van der Waals surface area contributed by atoms with Gasteiger partial charge in [0.15, 0.2) is 10.9 Å². The van der Waals surface area contributed by atoms with E-state index in [9.17, 15) is 39.9 Å². The summed E-state index contributed by atoms with van der Waals surface area (Å²) in [5.74, 6) is -5.51. The number of hydrazone groups is 1. The summed E-state index contributed by atoms with van der Waals surface area (Å²) in [6, 6.07) is 2.57. The number of nitrogens with zero attached hydrogens (tertiary/aromatic N) is 1. The molecule has 276 valence electrons. The van der Waals surface area contributed by atoms with Gasteiger partial charge < -0.3 is 35.6 Å². The van der Waals surface area contributed by atoms with Gasteiger partial charge in [0.25, 0.3) is 0 Å². The molecule has 0 amide bonds. The van der Waals surface area contributed by atoms with Gasteiger partial charge in [-0.3, -0.25) is 15.0 Å². The number of carboxylic acid groups (broad SMARTS) is 1. The first-order valence-electron chi connectivity index (χ1n) is 17.7. The van der Waals surface area contributed by atoms with E-state index >= 15 is 0 Å². The van der Waals surface area contributed by atoms with Crippen LogP contribution in [0.2, 0.25) is 0 Å². The number of unbranched alkanes of at least 4 members (excludes halogenated alkanes) is 9. The smallest absolute Gasteiger partial charge is 0.340 e. The number of methoxy groups -OCH3 is 1. The number of phenolic OH excluding ortho intramolecular Hbond substituents is 3. The number of carboxylic acids is 1. The predicted octanol–water partition coefficient (Wildman–Crippen LogP) is 6.78. The van der Waals surface area contributed by atoms with Gasteiger partial charge in [0.1, 0.15) is 34.3 Å². The van der Waals surface area contributed by atoms with E-state index in [4.69, 9.17) is 17.0 Å². The highest BCUT2D eigenvalue weighted by atomic mass is 32.1. The molecular weight excluding hydrogens is 687 g/mol. The largest absolute Gasteiger partial charge is 0.508 e. The molecule has 0 fully saturated rings. The van der Waals surface area contributed by atoms with Gasteiger partial charge in [-0.05, 0) is 56.1 Å². The third-order valence-corrected chi connectivity index (χ3v) is 10.1. The number of aryl methyl sites for hydroxylation is 1. The fourth-order valence-corrected chi connectivity index (χ4v) is 7.33. The summed E-state index contributed by atoms with van der Waals surface area (Å²) in [5.41, 5.74) is 1.53. The molecule has 0 bridgehead atoms. The third-order valence-electron chi connectivity index (χ3n) is 9.89. The molecule has 0 unspecified atom stereocenters. The van der Waals surface area contributed by atoms with Crippen molar-refractivity contribution in [3.8, 4) is 39.9 Å². The van der Waals surface area contributed by atoms with E-state index in [0.717, 1.165) is 18.9 Å². The number of carbonyl (C=O) groups is 3. The Morgan fingerprint density at radius 3 is 2.13 bits per heavy atom. The van der Waals surface area contributed by atoms with Crippen molar-refractivity contribution in [2.24, 2.45) is 5.10 Å². The fourth-order valence-electron chi connectivity index (χ4n) is 7.18. The van der Waals surface area contributed by atoms with Crippen LogP contribution in [-0.2, 0) is 12.8 Å². The highest BCUT2D eigenvalue weighted by Gasteiger charge is 2.42. The van der Waals surface area contributed by atoms with Gasteiger partial charge in [0.2, 0.25) is 5.78 Å². The number of thiocarbonyl (C=S) groups is 1. The normalized spacial score (nSPS) is 13.0. The number of rotatable bonds is 15. The van der Waals surface area contributed by atoms with Crippen molar-refractivity contribution in [3.05, 3.63) is 62.2 Å². The molecule has 0 atom stereocenters. The summed E-state index contributed by atoms with van der Waals surface area (Å²) in [5, 5.41) is 61.9. The van der Waals surface area contributed by atoms with Crippen LogP contribution in [0, 0.1) is 6.92 Å². The molecule has 3 aromatic carbocycles. The topological polar surface area (TPSA) is 198 Å². The van der Waals surface area contributed by atoms with E-state index in [2.05, 4.69) is 22.8 Å². The van der Waals surface area contributed by atoms with Gasteiger partial charge in [0, 0.05) is 39.9 Å². The van der Waals surface area contributed by atoms with E-state index in [0.29, 0.717) is 12.1 Å². The Morgan fingerprint density at radius 2 is 1.50 bits per heavy atom. The molecule has 2 aliphatic carbocycles. The van der Waals surface area contributed by atoms with Crippen LogP contribution in [0.15, 0.2) is 17.2 Å². The number of ketones is 2. The second-order valence-electron chi connectivity index (χ2n) is 13.3. The zero-order valence-corrected chi connectivity index (χ0v) is 30.5. The Balaban J connectivity index is 1.37. The molecule has 5 rings (SSSR count). The third kappa shape index (κ3) is 7.27. The molecule has 0 saturated heterocycles. The van der Waals surface area contributed by atoms with E-state index in [1.54, 1.807) is 0 Å². The lowest BCUT2D eigenvalue weighted by atomic mass is 9.74. The molecule has 0 aromatic heterocycles. The maximum absolute atomic E-state index is 13.8. The molecule has 0 saturated carbocycles. The van der Waals surface area contributed by atoms with Crippen LogP contribution in [0.5, 0.6) is 28.7 Å². The number of phenols is 4. The average molecular weight is 732 g/mol. The molecule has 7 N–H and O–H groups in total. The summed E-state index contributed by atoms with van der Waals surface area (Å²) < 4.78 is 5.64. The van der Waals surface area contributed by atoms with Gasteiger partial charge in [-0.25, -0.2) is 4.79 Å². The zero-order chi connectivity index (χ0) is 37.7. The maximum Gasteiger partial charge on any atom is 0.340 e. The van der Waals surface area contributed by atoms with Crippen LogP contribution in [0.3, 0.4) is 0 Å². The molecule has 12 nitrogen and oxygen atoms in total. The van der Waals surface area contributed by atoms with E-state index in [-0.39, 0.29) is 68.2 Å². The van der Waals surface area contributed by atoms with Crippen LogP contribution < -0.4 is 15.5 Å². The monoisotopic (exact) mass is 731 g/mol. The van der Waals surface area contributed by atoms with Crippen molar-refractivity contribution in [1.29, 1.82) is 0 Å².